The number of carbonyl (C=O) groups excluding carboxylic acids is 1. The van der Waals surface area contributed by atoms with Crippen LogP contribution in [0.3, 0.4) is 0 Å². The van der Waals surface area contributed by atoms with Crippen molar-refractivity contribution < 1.29 is 17.9 Å². The lowest BCUT2D eigenvalue weighted by atomic mass is 10.1. The number of nitrogens with one attached hydrogen (secondary N) is 1. The molecule has 0 aromatic carbocycles. The molecule has 1 aliphatic rings. The SMILES string of the molecule is CCCCC(NC1CCCS(=O)(=O)C1)C(=O)OC. The van der Waals surface area contributed by atoms with Crippen LogP contribution in [0.15, 0.2) is 0 Å². The Labute approximate surface area is 109 Å². The highest BCUT2D eigenvalue weighted by Gasteiger charge is 2.28. The van der Waals surface area contributed by atoms with Gasteiger partial charge in [-0.1, -0.05) is 19.8 Å². The zero-order valence-corrected chi connectivity index (χ0v) is 12.0. The number of esters is 1. The molecule has 1 rings (SSSR count). The maximum absolute atomic E-state index is 11.6. The molecule has 2 atom stereocenters. The number of methoxy groups -OCH3 is 1. The third-order valence-electron chi connectivity index (χ3n) is 3.23. The van der Waals surface area contributed by atoms with Gasteiger partial charge in [0.1, 0.15) is 6.04 Å². The fourth-order valence-electron chi connectivity index (χ4n) is 2.26. The summed E-state index contributed by atoms with van der Waals surface area (Å²) in [5.74, 6) is 0.0989. The summed E-state index contributed by atoms with van der Waals surface area (Å²) in [6.07, 6.45) is 4.09. The molecule has 1 N–H and O–H groups in total. The summed E-state index contributed by atoms with van der Waals surface area (Å²) in [4.78, 5) is 11.6. The summed E-state index contributed by atoms with van der Waals surface area (Å²) < 4.78 is 27.8. The highest BCUT2D eigenvalue weighted by atomic mass is 32.2. The van der Waals surface area contributed by atoms with E-state index in [-0.39, 0.29) is 29.6 Å². The summed E-state index contributed by atoms with van der Waals surface area (Å²) in [5, 5.41) is 3.14. The second-order valence-electron chi connectivity index (χ2n) is 4.84. The minimum atomic E-state index is -2.95. The molecule has 6 heteroatoms. The van der Waals surface area contributed by atoms with Crippen LogP contribution < -0.4 is 5.32 Å². The van der Waals surface area contributed by atoms with Crippen molar-refractivity contribution in [1.82, 2.24) is 5.32 Å². The van der Waals surface area contributed by atoms with Crippen LogP contribution in [0.4, 0.5) is 0 Å². The minimum Gasteiger partial charge on any atom is -0.468 e. The Kier molecular flexibility index (Phi) is 6.08. The molecule has 0 aromatic rings. The minimum absolute atomic E-state index is 0.121. The van der Waals surface area contributed by atoms with Crippen molar-refractivity contribution in [2.45, 2.75) is 51.1 Å². The lowest BCUT2D eigenvalue weighted by molar-refractivity contribution is -0.143. The number of carbonyl (C=O) groups is 1. The molecule has 0 aliphatic carbocycles. The smallest absolute Gasteiger partial charge is 0.322 e. The Morgan fingerprint density at radius 3 is 2.78 bits per heavy atom. The molecule has 1 saturated heterocycles. The number of sulfone groups is 1. The molecule has 1 heterocycles. The maximum Gasteiger partial charge on any atom is 0.322 e. The summed E-state index contributed by atoms with van der Waals surface area (Å²) >= 11 is 0. The van der Waals surface area contributed by atoms with Gasteiger partial charge in [-0.3, -0.25) is 4.79 Å². The Bertz CT molecular complexity index is 366. The second kappa shape index (κ2) is 7.09. The zero-order valence-electron chi connectivity index (χ0n) is 11.1. The van der Waals surface area contributed by atoms with E-state index in [0.29, 0.717) is 12.8 Å². The van der Waals surface area contributed by atoms with Crippen LogP contribution >= 0.6 is 0 Å². The highest BCUT2D eigenvalue weighted by molar-refractivity contribution is 7.91. The molecule has 0 spiro atoms. The molecule has 106 valence electrons. The van der Waals surface area contributed by atoms with Gasteiger partial charge in [0.15, 0.2) is 9.84 Å². The lowest BCUT2D eigenvalue weighted by Crippen LogP contribution is -2.48. The van der Waals surface area contributed by atoms with Crippen LogP contribution in [0.2, 0.25) is 0 Å². The Morgan fingerprint density at radius 1 is 1.50 bits per heavy atom. The Morgan fingerprint density at radius 2 is 2.22 bits per heavy atom. The number of hydrogen-bond acceptors (Lipinski definition) is 5. The average Bonchev–Trinajstić information content (AvgIpc) is 2.32. The molecule has 0 saturated carbocycles. The predicted molar refractivity (Wildman–Crippen MR) is 70.1 cm³/mol. The standard InChI is InChI=1S/C12H23NO4S/c1-3-4-7-11(12(14)17-2)13-10-6-5-8-18(15,16)9-10/h10-11,13H,3-9H2,1-2H3. The number of ether oxygens (including phenoxy) is 1. The van der Waals surface area contributed by atoms with Crippen LogP contribution in [0.1, 0.15) is 39.0 Å². The molecule has 0 bridgehead atoms. The predicted octanol–water partition coefficient (Wildman–Crippen LogP) is 0.885. The van der Waals surface area contributed by atoms with Gasteiger partial charge in [-0.05, 0) is 19.3 Å². The summed E-state index contributed by atoms with van der Waals surface area (Å²) in [6.45, 7) is 2.05. The van der Waals surface area contributed by atoms with E-state index in [1.54, 1.807) is 0 Å². The van der Waals surface area contributed by atoms with Crippen molar-refractivity contribution >= 4 is 15.8 Å². The van der Waals surface area contributed by atoms with Gasteiger partial charge in [0, 0.05) is 6.04 Å². The zero-order chi connectivity index (χ0) is 13.6. The fraction of sp³-hybridized carbons (Fsp3) is 0.917. The molecule has 0 aromatic heterocycles. The Hall–Kier alpha value is -0.620. The Balaban J connectivity index is 2.56. The van der Waals surface area contributed by atoms with Gasteiger partial charge in [-0.15, -0.1) is 0 Å². The molecular formula is C12H23NO4S. The summed E-state index contributed by atoms with van der Waals surface area (Å²) in [5.41, 5.74) is 0. The fourth-order valence-corrected chi connectivity index (χ4v) is 3.91. The normalized spacial score (nSPS) is 24.4. The first-order valence-corrected chi connectivity index (χ1v) is 8.35. The second-order valence-corrected chi connectivity index (χ2v) is 7.07. The largest absolute Gasteiger partial charge is 0.468 e. The summed E-state index contributed by atoms with van der Waals surface area (Å²) in [7, 11) is -1.58. The number of rotatable bonds is 6. The van der Waals surface area contributed by atoms with Gasteiger partial charge in [0.25, 0.3) is 0 Å². The van der Waals surface area contributed by atoms with E-state index in [1.807, 2.05) is 0 Å². The van der Waals surface area contributed by atoms with Crippen molar-refractivity contribution in [2.75, 3.05) is 18.6 Å². The van der Waals surface area contributed by atoms with Gasteiger partial charge < -0.3 is 10.1 Å². The van der Waals surface area contributed by atoms with Gasteiger partial charge in [-0.2, -0.15) is 0 Å². The first kappa shape index (κ1) is 15.4. The van der Waals surface area contributed by atoms with E-state index >= 15 is 0 Å². The van der Waals surface area contributed by atoms with Crippen molar-refractivity contribution in [3.63, 3.8) is 0 Å². The van der Waals surface area contributed by atoms with Crippen molar-refractivity contribution in [3.05, 3.63) is 0 Å². The topological polar surface area (TPSA) is 72.5 Å². The van der Waals surface area contributed by atoms with Crippen LogP contribution in [0, 0.1) is 0 Å². The van der Waals surface area contributed by atoms with Gasteiger partial charge >= 0.3 is 5.97 Å². The van der Waals surface area contributed by atoms with E-state index in [9.17, 15) is 13.2 Å². The van der Waals surface area contributed by atoms with Crippen molar-refractivity contribution in [2.24, 2.45) is 0 Å². The van der Waals surface area contributed by atoms with Crippen molar-refractivity contribution in [3.8, 4) is 0 Å². The molecule has 0 radical (unpaired) electrons. The number of unbranched alkanes of at least 4 members (excludes halogenated alkanes) is 1. The first-order chi connectivity index (χ1) is 8.48. The van der Waals surface area contributed by atoms with E-state index in [1.165, 1.54) is 7.11 Å². The average molecular weight is 277 g/mol. The first-order valence-electron chi connectivity index (χ1n) is 6.53. The molecule has 2 unspecified atom stereocenters. The quantitative estimate of drug-likeness (QED) is 0.730. The molecular weight excluding hydrogens is 254 g/mol. The third-order valence-corrected chi connectivity index (χ3v) is 5.05. The molecule has 0 amide bonds. The van der Waals surface area contributed by atoms with Crippen LogP contribution in [-0.4, -0.2) is 45.1 Å². The van der Waals surface area contributed by atoms with Gasteiger partial charge in [-0.25, -0.2) is 8.42 Å². The molecule has 18 heavy (non-hydrogen) atoms. The monoisotopic (exact) mass is 277 g/mol. The van der Waals surface area contributed by atoms with Gasteiger partial charge in [0.2, 0.25) is 0 Å². The summed E-state index contributed by atoms with van der Waals surface area (Å²) in [6, 6.07) is -0.502. The van der Waals surface area contributed by atoms with E-state index in [0.717, 1.165) is 19.3 Å². The van der Waals surface area contributed by atoms with Crippen LogP contribution in [0.25, 0.3) is 0 Å². The molecule has 1 fully saturated rings. The number of hydrogen-bond donors (Lipinski definition) is 1. The van der Waals surface area contributed by atoms with Gasteiger partial charge in [0.05, 0.1) is 18.6 Å². The molecule has 1 aliphatic heterocycles. The highest BCUT2D eigenvalue weighted by Crippen LogP contribution is 2.14. The van der Waals surface area contributed by atoms with E-state index in [4.69, 9.17) is 4.74 Å². The third kappa shape index (κ3) is 4.94. The van der Waals surface area contributed by atoms with E-state index < -0.39 is 9.84 Å². The maximum atomic E-state index is 11.6. The lowest BCUT2D eigenvalue weighted by Gasteiger charge is -2.27. The molecule has 5 nitrogen and oxygen atoms in total. The van der Waals surface area contributed by atoms with Crippen molar-refractivity contribution in [1.29, 1.82) is 0 Å². The van der Waals surface area contributed by atoms with Crippen LogP contribution in [-0.2, 0) is 19.4 Å². The van der Waals surface area contributed by atoms with Crippen LogP contribution in [0.5, 0.6) is 0 Å². The van der Waals surface area contributed by atoms with E-state index in [2.05, 4.69) is 12.2 Å².